The Bertz CT molecular complexity index is 503. The van der Waals surface area contributed by atoms with Crippen molar-refractivity contribution in [3.05, 3.63) is 49.8 Å². The minimum atomic E-state index is 0.0426. The summed E-state index contributed by atoms with van der Waals surface area (Å²) in [4.78, 5) is 5.22. The molecule has 2 aromatic heterocycles. The number of halogens is 2. The molecule has 2 rings (SSSR count). The maximum atomic E-state index is 5.87. The molecule has 0 radical (unpaired) electrons. The highest BCUT2D eigenvalue weighted by Gasteiger charge is 2.12. The molecule has 0 aromatic carbocycles. The second-order valence-electron chi connectivity index (χ2n) is 3.54. The van der Waals surface area contributed by atoms with E-state index in [0.29, 0.717) is 5.15 Å². The number of hydrogen-bond acceptors (Lipinski definition) is 4. The molecule has 3 N–H and O–H groups in total. The summed E-state index contributed by atoms with van der Waals surface area (Å²) in [5.41, 5.74) is 3.85. The Balaban J connectivity index is 2.16. The molecule has 1 unspecified atom stereocenters. The van der Waals surface area contributed by atoms with E-state index in [0.717, 1.165) is 15.8 Å². The van der Waals surface area contributed by atoms with Crippen LogP contribution in [-0.2, 0) is 6.42 Å². The summed E-state index contributed by atoms with van der Waals surface area (Å²) in [6, 6.07) is 7.91. The number of nitrogens with zero attached hydrogens (tertiary/aromatic N) is 1. The van der Waals surface area contributed by atoms with Crippen LogP contribution in [0.2, 0.25) is 5.15 Å². The Labute approximate surface area is 117 Å². The lowest BCUT2D eigenvalue weighted by Gasteiger charge is -2.15. The summed E-state index contributed by atoms with van der Waals surface area (Å²) in [6.07, 6.45) is 2.51. The van der Waals surface area contributed by atoms with Gasteiger partial charge in [-0.2, -0.15) is 0 Å². The van der Waals surface area contributed by atoms with E-state index < -0.39 is 0 Å². The normalized spacial score (nSPS) is 12.6. The van der Waals surface area contributed by atoms with Gasteiger partial charge < -0.3 is 0 Å². The van der Waals surface area contributed by atoms with E-state index in [1.54, 1.807) is 17.5 Å². The molecule has 2 aromatic rings. The average Bonchev–Trinajstić information content (AvgIpc) is 2.72. The first kappa shape index (κ1) is 13.0. The van der Waals surface area contributed by atoms with Gasteiger partial charge in [0.2, 0.25) is 0 Å². The molecule has 0 spiro atoms. The standard InChI is InChI=1S/C11H11BrClN3S/c12-10-2-1-8(17-10)6-9(16-14)7-3-4-15-11(13)5-7/h1-5,9,16H,6,14H2. The van der Waals surface area contributed by atoms with Crippen LogP contribution in [0.25, 0.3) is 0 Å². The molecule has 0 aliphatic carbocycles. The van der Waals surface area contributed by atoms with Gasteiger partial charge in [0, 0.05) is 17.5 Å². The smallest absolute Gasteiger partial charge is 0.129 e. The van der Waals surface area contributed by atoms with Crippen LogP contribution in [0.15, 0.2) is 34.2 Å². The molecule has 0 saturated heterocycles. The lowest BCUT2D eigenvalue weighted by molar-refractivity contribution is 0.555. The fourth-order valence-electron chi connectivity index (χ4n) is 1.57. The number of nitrogens with two attached hydrogens (primary N) is 1. The predicted octanol–water partition coefficient (Wildman–Crippen LogP) is 3.31. The summed E-state index contributed by atoms with van der Waals surface area (Å²) in [7, 11) is 0. The largest absolute Gasteiger partial charge is 0.271 e. The third kappa shape index (κ3) is 3.50. The fourth-order valence-corrected chi connectivity index (χ4v) is 3.28. The highest BCUT2D eigenvalue weighted by Crippen LogP contribution is 2.27. The Morgan fingerprint density at radius 1 is 1.47 bits per heavy atom. The highest BCUT2D eigenvalue weighted by atomic mass is 79.9. The fraction of sp³-hybridized carbons (Fsp3) is 0.182. The van der Waals surface area contributed by atoms with Crippen molar-refractivity contribution in [3.63, 3.8) is 0 Å². The molecule has 17 heavy (non-hydrogen) atoms. The van der Waals surface area contributed by atoms with Crippen molar-refractivity contribution >= 4 is 38.9 Å². The van der Waals surface area contributed by atoms with Gasteiger partial charge in [-0.25, -0.2) is 4.98 Å². The molecule has 0 aliphatic rings. The van der Waals surface area contributed by atoms with E-state index in [2.05, 4.69) is 32.4 Å². The van der Waals surface area contributed by atoms with Gasteiger partial charge in [-0.15, -0.1) is 11.3 Å². The van der Waals surface area contributed by atoms with Crippen molar-refractivity contribution in [2.75, 3.05) is 0 Å². The van der Waals surface area contributed by atoms with Crippen molar-refractivity contribution in [3.8, 4) is 0 Å². The number of rotatable bonds is 4. The molecular formula is C11H11BrClN3S. The molecule has 0 amide bonds. The molecular weight excluding hydrogens is 322 g/mol. The van der Waals surface area contributed by atoms with Crippen molar-refractivity contribution in [1.82, 2.24) is 10.4 Å². The Kier molecular flexibility index (Phi) is 4.53. The molecule has 0 bridgehead atoms. The zero-order valence-corrected chi connectivity index (χ0v) is 12.0. The SMILES string of the molecule is NNC(Cc1ccc(Br)s1)c1ccnc(Cl)c1. The first-order valence-corrected chi connectivity index (χ1v) is 6.99. The number of hydrazine groups is 1. The molecule has 3 nitrogen and oxygen atoms in total. The van der Waals surface area contributed by atoms with E-state index in [9.17, 15) is 0 Å². The van der Waals surface area contributed by atoms with Crippen molar-refractivity contribution in [2.24, 2.45) is 5.84 Å². The molecule has 2 heterocycles. The lowest BCUT2D eigenvalue weighted by Crippen LogP contribution is -2.29. The Hall–Kier alpha value is -0.460. The summed E-state index contributed by atoms with van der Waals surface area (Å²) >= 11 is 11.0. The van der Waals surface area contributed by atoms with Crippen molar-refractivity contribution < 1.29 is 0 Å². The minimum absolute atomic E-state index is 0.0426. The molecule has 0 saturated carbocycles. The van der Waals surface area contributed by atoms with Crippen LogP contribution < -0.4 is 11.3 Å². The van der Waals surface area contributed by atoms with Crippen LogP contribution in [0.5, 0.6) is 0 Å². The maximum Gasteiger partial charge on any atom is 0.129 e. The summed E-state index contributed by atoms with van der Waals surface area (Å²) in [6.45, 7) is 0. The zero-order valence-electron chi connectivity index (χ0n) is 8.86. The summed E-state index contributed by atoms with van der Waals surface area (Å²) in [5, 5.41) is 0.482. The number of nitrogens with one attached hydrogen (secondary N) is 1. The molecule has 90 valence electrons. The van der Waals surface area contributed by atoms with Gasteiger partial charge >= 0.3 is 0 Å². The zero-order chi connectivity index (χ0) is 12.3. The highest BCUT2D eigenvalue weighted by molar-refractivity contribution is 9.11. The van der Waals surface area contributed by atoms with Crippen LogP contribution in [-0.4, -0.2) is 4.98 Å². The third-order valence-electron chi connectivity index (χ3n) is 2.39. The minimum Gasteiger partial charge on any atom is -0.271 e. The maximum absolute atomic E-state index is 5.87. The topological polar surface area (TPSA) is 50.9 Å². The van der Waals surface area contributed by atoms with Gasteiger partial charge in [0.15, 0.2) is 0 Å². The van der Waals surface area contributed by atoms with E-state index in [1.807, 2.05) is 18.2 Å². The van der Waals surface area contributed by atoms with E-state index in [1.165, 1.54) is 4.88 Å². The molecule has 1 atom stereocenters. The third-order valence-corrected chi connectivity index (χ3v) is 4.24. The lowest BCUT2D eigenvalue weighted by atomic mass is 10.1. The van der Waals surface area contributed by atoms with E-state index >= 15 is 0 Å². The predicted molar refractivity (Wildman–Crippen MR) is 75.0 cm³/mol. The van der Waals surface area contributed by atoms with Crippen LogP contribution in [0, 0.1) is 0 Å². The Morgan fingerprint density at radius 2 is 2.29 bits per heavy atom. The van der Waals surface area contributed by atoms with Gasteiger partial charge in [-0.1, -0.05) is 11.6 Å². The first-order chi connectivity index (χ1) is 8.19. The number of thiophene rings is 1. The van der Waals surface area contributed by atoms with Gasteiger partial charge in [0.05, 0.1) is 9.83 Å². The van der Waals surface area contributed by atoms with Crippen molar-refractivity contribution in [2.45, 2.75) is 12.5 Å². The van der Waals surface area contributed by atoms with Gasteiger partial charge in [0.25, 0.3) is 0 Å². The quantitative estimate of drug-likeness (QED) is 0.513. The Morgan fingerprint density at radius 3 is 2.88 bits per heavy atom. The average molecular weight is 333 g/mol. The first-order valence-electron chi connectivity index (χ1n) is 5.01. The monoisotopic (exact) mass is 331 g/mol. The number of aromatic nitrogens is 1. The van der Waals surface area contributed by atoms with E-state index in [4.69, 9.17) is 17.4 Å². The summed E-state index contributed by atoms with van der Waals surface area (Å²) in [5.74, 6) is 5.59. The van der Waals surface area contributed by atoms with E-state index in [-0.39, 0.29) is 6.04 Å². The number of pyridine rings is 1. The van der Waals surface area contributed by atoms with Crippen LogP contribution in [0.3, 0.4) is 0 Å². The number of hydrogen-bond donors (Lipinski definition) is 2. The van der Waals surface area contributed by atoms with Gasteiger partial charge in [-0.3, -0.25) is 11.3 Å². The molecule has 0 aliphatic heterocycles. The van der Waals surface area contributed by atoms with Crippen LogP contribution in [0.1, 0.15) is 16.5 Å². The second-order valence-corrected chi connectivity index (χ2v) is 6.48. The molecule has 6 heteroatoms. The second kappa shape index (κ2) is 5.93. The van der Waals surface area contributed by atoms with Gasteiger partial charge in [0.1, 0.15) is 5.15 Å². The summed E-state index contributed by atoms with van der Waals surface area (Å²) < 4.78 is 1.12. The van der Waals surface area contributed by atoms with Crippen LogP contribution >= 0.6 is 38.9 Å². The molecule has 0 fully saturated rings. The van der Waals surface area contributed by atoms with Crippen molar-refractivity contribution in [1.29, 1.82) is 0 Å². The van der Waals surface area contributed by atoms with Crippen LogP contribution in [0.4, 0.5) is 0 Å². The van der Waals surface area contributed by atoms with Gasteiger partial charge in [-0.05, 0) is 45.8 Å².